The molecule has 1 atom stereocenters. The Morgan fingerprint density at radius 2 is 1.96 bits per heavy atom. The lowest BCUT2D eigenvalue weighted by molar-refractivity contribution is -0.117. The fourth-order valence-electron chi connectivity index (χ4n) is 3.03. The molecule has 0 spiro atoms. The van der Waals surface area contributed by atoms with Crippen molar-refractivity contribution in [3.05, 3.63) is 71.3 Å². The summed E-state index contributed by atoms with van der Waals surface area (Å²) in [6.07, 6.45) is 2.32. The van der Waals surface area contributed by atoms with Gasteiger partial charge in [0.15, 0.2) is 11.6 Å². The first-order valence-electron chi connectivity index (χ1n) is 9.04. The van der Waals surface area contributed by atoms with E-state index in [0.717, 1.165) is 36.5 Å². The van der Waals surface area contributed by atoms with E-state index in [1.54, 1.807) is 0 Å². The van der Waals surface area contributed by atoms with Crippen molar-refractivity contribution in [2.75, 3.05) is 37.8 Å². The molecule has 7 heteroatoms. The summed E-state index contributed by atoms with van der Waals surface area (Å²) < 4.78 is 32.2. The molecule has 2 aromatic rings. The molecule has 1 aliphatic heterocycles. The summed E-state index contributed by atoms with van der Waals surface area (Å²) in [7, 11) is 0. The van der Waals surface area contributed by atoms with Gasteiger partial charge in [-0.25, -0.2) is 8.78 Å². The molecule has 2 aromatic carbocycles. The molecule has 1 unspecified atom stereocenters. The molecular weight excluding hydrogens is 366 g/mol. The number of anilines is 1. The number of benzene rings is 2. The smallest absolute Gasteiger partial charge is 0.244 e. The van der Waals surface area contributed by atoms with E-state index in [9.17, 15) is 18.7 Å². The number of aliphatic hydroxyl groups excluding tert-OH is 1. The molecule has 28 heavy (non-hydrogen) atoms. The molecule has 148 valence electrons. The topological polar surface area (TPSA) is 61.8 Å². The Kier molecular flexibility index (Phi) is 6.73. The van der Waals surface area contributed by atoms with Crippen molar-refractivity contribution in [1.82, 2.24) is 5.32 Å². The normalized spacial score (nSPS) is 15.6. The van der Waals surface area contributed by atoms with Gasteiger partial charge in [-0.3, -0.25) is 4.79 Å². The minimum Gasteiger partial charge on any atom is -0.394 e. The van der Waals surface area contributed by atoms with Crippen LogP contribution in [0.25, 0.3) is 6.08 Å². The van der Waals surface area contributed by atoms with Crippen molar-refractivity contribution in [2.45, 2.75) is 6.04 Å². The van der Waals surface area contributed by atoms with Crippen LogP contribution in [0, 0.1) is 11.6 Å². The van der Waals surface area contributed by atoms with Crippen molar-refractivity contribution in [3.8, 4) is 0 Å². The van der Waals surface area contributed by atoms with E-state index in [-0.39, 0.29) is 12.2 Å². The second-order valence-corrected chi connectivity index (χ2v) is 6.41. The van der Waals surface area contributed by atoms with Crippen LogP contribution in [0.4, 0.5) is 14.5 Å². The third-order valence-corrected chi connectivity index (χ3v) is 4.54. The molecule has 2 N–H and O–H groups in total. The Balaban J connectivity index is 1.69. The first kappa shape index (κ1) is 20.0. The molecule has 1 saturated heterocycles. The number of ether oxygens (including phenoxy) is 1. The molecule has 0 bridgehead atoms. The summed E-state index contributed by atoms with van der Waals surface area (Å²) in [5.74, 6) is -2.50. The fraction of sp³-hybridized carbons (Fsp3) is 0.286. The summed E-state index contributed by atoms with van der Waals surface area (Å²) in [5, 5.41) is 12.4. The van der Waals surface area contributed by atoms with Crippen molar-refractivity contribution < 1.29 is 23.4 Å². The molecule has 0 radical (unpaired) electrons. The van der Waals surface area contributed by atoms with Gasteiger partial charge in [0.1, 0.15) is 0 Å². The Bertz CT molecular complexity index is 851. The van der Waals surface area contributed by atoms with Gasteiger partial charge < -0.3 is 20.1 Å². The SMILES string of the molecule is O=C(/C=C/c1cccc(F)c1F)NC(CO)c1cccc(N2CCOCC2)c1. The zero-order valence-electron chi connectivity index (χ0n) is 15.3. The van der Waals surface area contributed by atoms with Crippen molar-refractivity contribution in [1.29, 1.82) is 0 Å². The third kappa shape index (κ3) is 4.94. The molecule has 0 saturated carbocycles. The predicted octanol–water partition coefficient (Wildman–Crippen LogP) is 2.66. The van der Waals surface area contributed by atoms with Crippen LogP contribution in [0.5, 0.6) is 0 Å². The maximum atomic E-state index is 13.7. The number of morpholine rings is 1. The Labute approximate surface area is 162 Å². The molecule has 1 heterocycles. The standard InChI is InChI=1S/C21H22F2N2O3/c22-18-6-2-3-15(21(18)23)7-8-20(27)24-19(14-26)16-4-1-5-17(13-16)25-9-11-28-12-10-25/h1-8,13,19,26H,9-12,14H2,(H,24,27)/b8-7+. The highest BCUT2D eigenvalue weighted by molar-refractivity contribution is 5.92. The number of aliphatic hydroxyl groups is 1. The molecule has 1 amide bonds. The number of carbonyl (C=O) groups excluding carboxylic acids is 1. The van der Waals surface area contributed by atoms with Crippen molar-refractivity contribution >= 4 is 17.7 Å². The number of hydrogen-bond donors (Lipinski definition) is 2. The van der Waals surface area contributed by atoms with E-state index in [1.807, 2.05) is 24.3 Å². The van der Waals surface area contributed by atoms with E-state index in [2.05, 4.69) is 10.2 Å². The molecule has 1 aliphatic rings. The van der Waals surface area contributed by atoms with Gasteiger partial charge in [-0.1, -0.05) is 24.3 Å². The van der Waals surface area contributed by atoms with Gasteiger partial charge in [0.05, 0.1) is 25.9 Å². The van der Waals surface area contributed by atoms with Gasteiger partial charge in [0, 0.05) is 30.4 Å². The average molecular weight is 388 g/mol. The maximum absolute atomic E-state index is 13.7. The molecule has 3 rings (SSSR count). The highest BCUT2D eigenvalue weighted by Gasteiger charge is 2.16. The Morgan fingerprint density at radius 3 is 2.71 bits per heavy atom. The molecular formula is C21H22F2N2O3. The van der Waals surface area contributed by atoms with Crippen LogP contribution in [0.3, 0.4) is 0 Å². The van der Waals surface area contributed by atoms with Gasteiger partial charge in [0.25, 0.3) is 0 Å². The monoisotopic (exact) mass is 388 g/mol. The summed E-state index contributed by atoms with van der Waals surface area (Å²) in [5.41, 5.74) is 1.72. The van der Waals surface area contributed by atoms with Gasteiger partial charge in [0.2, 0.25) is 5.91 Å². The van der Waals surface area contributed by atoms with E-state index >= 15 is 0 Å². The highest BCUT2D eigenvalue weighted by atomic mass is 19.2. The molecule has 1 fully saturated rings. The quantitative estimate of drug-likeness (QED) is 0.747. The minimum atomic E-state index is -1.01. The summed E-state index contributed by atoms with van der Waals surface area (Å²) in [6, 6.07) is 10.7. The number of rotatable bonds is 6. The number of hydrogen-bond acceptors (Lipinski definition) is 4. The Hall–Kier alpha value is -2.77. The van der Waals surface area contributed by atoms with E-state index in [4.69, 9.17) is 4.74 Å². The number of halogens is 2. The summed E-state index contributed by atoms with van der Waals surface area (Å²) in [4.78, 5) is 14.4. The van der Waals surface area contributed by atoms with E-state index < -0.39 is 23.6 Å². The number of nitrogens with zero attached hydrogens (tertiary/aromatic N) is 1. The second-order valence-electron chi connectivity index (χ2n) is 6.41. The van der Waals surface area contributed by atoms with Crippen LogP contribution in [0.15, 0.2) is 48.5 Å². The zero-order valence-corrected chi connectivity index (χ0v) is 15.3. The second kappa shape index (κ2) is 9.43. The lowest BCUT2D eigenvalue weighted by Gasteiger charge is -2.29. The maximum Gasteiger partial charge on any atom is 0.244 e. The van der Waals surface area contributed by atoms with E-state index in [1.165, 1.54) is 18.2 Å². The van der Waals surface area contributed by atoms with Crippen LogP contribution < -0.4 is 10.2 Å². The van der Waals surface area contributed by atoms with Crippen LogP contribution in [-0.4, -0.2) is 43.9 Å². The highest BCUT2D eigenvalue weighted by Crippen LogP contribution is 2.22. The summed E-state index contributed by atoms with van der Waals surface area (Å²) in [6.45, 7) is 2.58. The van der Waals surface area contributed by atoms with Crippen molar-refractivity contribution in [2.24, 2.45) is 0 Å². The fourth-order valence-corrected chi connectivity index (χ4v) is 3.03. The number of nitrogens with one attached hydrogen (secondary N) is 1. The van der Waals surface area contributed by atoms with Crippen molar-refractivity contribution in [3.63, 3.8) is 0 Å². The average Bonchev–Trinajstić information content (AvgIpc) is 2.74. The van der Waals surface area contributed by atoms with Gasteiger partial charge in [-0.05, 0) is 29.8 Å². The predicted molar refractivity (Wildman–Crippen MR) is 103 cm³/mol. The van der Waals surface area contributed by atoms with Crippen LogP contribution in [-0.2, 0) is 9.53 Å². The number of amides is 1. The Morgan fingerprint density at radius 1 is 1.21 bits per heavy atom. The molecule has 5 nitrogen and oxygen atoms in total. The lowest BCUT2D eigenvalue weighted by atomic mass is 10.1. The largest absolute Gasteiger partial charge is 0.394 e. The van der Waals surface area contributed by atoms with Crippen LogP contribution in [0.1, 0.15) is 17.2 Å². The van der Waals surface area contributed by atoms with Gasteiger partial charge in [-0.2, -0.15) is 0 Å². The number of carbonyl (C=O) groups is 1. The van der Waals surface area contributed by atoms with Crippen LogP contribution >= 0.6 is 0 Å². The minimum absolute atomic E-state index is 0.0231. The molecule has 0 aliphatic carbocycles. The van der Waals surface area contributed by atoms with E-state index in [0.29, 0.717) is 13.2 Å². The summed E-state index contributed by atoms with van der Waals surface area (Å²) >= 11 is 0. The third-order valence-electron chi connectivity index (χ3n) is 4.54. The first-order valence-corrected chi connectivity index (χ1v) is 9.04. The van der Waals surface area contributed by atoms with Gasteiger partial charge in [-0.15, -0.1) is 0 Å². The van der Waals surface area contributed by atoms with Gasteiger partial charge >= 0.3 is 0 Å². The lowest BCUT2D eigenvalue weighted by Crippen LogP contribution is -2.36. The van der Waals surface area contributed by atoms with Crippen LogP contribution in [0.2, 0.25) is 0 Å². The molecule has 0 aromatic heterocycles. The zero-order chi connectivity index (χ0) is 19.9. The first-order chi connectivity index (χ1) is 13.6.